The van der Waals surface area contributed by atoms with E-state index in [1.54, 1.807) is 19.1 Å². The molecule has 2 aromatic heterocycles. The van der Waals surface area contributed by atoms with Gasteiger partial charge in [-0.25, -0.2) is 9.97 Å². The Labute approximate surface area is 225 Å². The number of carboxylic acids is 1. The summed E-state index contributed by atoms with van der Waals surface area (Å²) >= 11 is 0. The lowest BCUT2D eigenvalue weighted by molar-refractivity contribution is -0.255. The summed E-state index contributed by atoms with van der Waals surface area (Å²) in [5.74, 6) is -1.05. The number of benzene rings is 3. The van der Waals surface area contributed by atoms with Crippen LogP contribution in [-0.4, -0.2) is 41.2 Å². The fourth-order valence-corrected chi connectivity index (χ4v) is 4.77. The van der Waals surface area contributed by atoms with Crippen molar-refractivity contribution in [2.75, 3.05) is 0 Å². The van der Waals surface area contributed by atoms with Crippen LogP contribution < -0.4 is 5.11 Å². The van der Waals surface area contributed by atoms with Crippen LogP contribution in [0.5, 0.6) is 0 Å². The van der Waals surface area contributed by atoms with Gasteiger partial charge in [-0.05, 0) is 42.3 Å². The molecule has 0 atom stereocenters. The molecule has 0 unspecified atom stereocenters. The highest BCUT2D eigenvalue weighted by Crippen LogP contribution is 2.27. The minimum atomic E-state index is -5.02. The molecular weight excluding hydrogens is 549 g/mol. The standard InChI is InChI=1S/C27H19F3N4O5S/c1-15-5-8-19(9-6-15)40(37,38)39-34-24(27(28,29)30)17-4-2-3-16(11-17)12-23-31-14-21-20-10-7-18(26(35)36)13-22(20)32-25(21)33-23/h2-11,13-14H,12H2,1H3,(H,35,36)(H,31,32,33)/p-1. The molecule has 1 N–H and O–H groups in total. The van der Waals surface area contributed by atoms with Crippen LogP contribution in [0.1, 0.15) is 32.9 Å². The molecule has 2 heterocycles. The van der Waals surface area contributed by atoms with Gasteiger partial charge < -0.3 is 14.9 Å². The van der Waals surface area contributed by atoms with E-state index < -0.39 is 33.5 Å². The first-order chi connectivity index (χ1) is 18.9. The summed E-state index contributed by atoms with van der Waals surface area (Å²) < 4.78 is 70.8. The van der Waals surface area contributed by atoms with Crippen molar-refractivity contribution < 1.29 is 35.8 Å². The second kappa shape index (κ2) is 10.1. The van der Waals surface area contributed by atoms with Gasteiger partial charge in [-0.2, -0.15) is 21.6 Å². The second-order valence-corrected chi connectivity index (χ2v) is 10.4. The van der Waals surface area contributed by atoms with Gasteiger partial charge in [0.05, 0.1) is 5.97 Å². The van der Waals surface area contributed by atoms with E-state index in [4.69, 9.17) is 0 Å². The Bertz CT molecular complexity index is 1900. The average molecular weight is 568 g/mol. The normalized spacial score (nSPS) is 12.7. The van der Waals surface area contributed by atoms with E-state index in [9.17, 15) is 31.5 Å². The van der Waals surface area contributed by atoms with Gasteiger partial charge in [0.25, 0.3) is 0 Å². The number of halogens is 3. The number of oxime groups is 1. The number of fused-ring (bicyclic) bond motifs is 3. The van der Waals surface area contributed by atoms with Crippen molar-refractivity contribution in [2.45, 2.75) is 24.4 Å². The van der Waals surface area contributed by atoms with Crippen molar-refractivity contribution in [1.29, 1.82) is 0 Å². The molecule has 40 heavy (non-hydrogen) atoms. The highest BCUT2D eigenvalue weighted by atomic mass is 32.2. The van der Waals surface area contributed by atoms with Crippen molar-refractivity contribution in [1.82, 2.24) is 15.0 Å². The van der Waals surface area contributed by atoms with Gasteiger partial charge in [0, 0.05) is 34.5 Å². The smallest absolute Gasteiger partial charge is 0.437 e. The number of carboxylic acid groups (broad SMARTS) is 1. The Kier molecular flexibility index (Phi) is 6.75. The molecule has 0 aliphatic carbocycles. The summed E-state index contributed by atoms with van der Waals surface area (Å²) in [6.45, 7) is 1.72. The van der Waals surface area contributed by atoms with Gasteiger partial charge in [-0.15, -0.1) is 0 Å². The molecule has 9 nitrogen and oxygen atoms in total. The molecule has 0 bridgehead atoms. The molecule has 0 fully saturated rings. The molecule has 13 heteroatoms. The Morgan fingerprint density at radius 3 is 2.48 bits per heavy atom. The Balaban J connectivity index is 1.43. The maximum absolute atomic E-state index is 13.9. The van der Waals surface area contributed by atoms with Gasteiger partial charge in [0.2, 0.25) is 0 Å². The molecule has 0 radical (unpaired) electrons. The summed E-state index contributed by atoms with van der Waals surface area (Å²) in [4.78, 5) is 22.6. The van der Waals surface area contributed by atoms with Gasteiger partial charge in [0.15, 0.2) is 5.71 Å². The largest absolute Gasteiger partial charge is 0.545 e. The van der Waals surface area contributed by atoms with Crippen LogP contribution in [0.25, 0.3) is 21.9 Å². The van der Waals surface area contributed by atoms with Crippen molar-refractivity contribution in [3.63, 3.8) is 0 Å². The fraction of sp³-hybridized carbons (Fsp3) is 0.111. The lowest BCUT2D eigenvalue weighted by Gasteiger charge is -2.12. The molecule has 0 spiro atoms. The SMILES string of the molecule is Cc1ccc(S(=O)(=O)ON=C(c2cccc(Cc3ncc4c(n3)[nH]c3cc(C(=O)[O-])ccc34)c2)C(F)(F)F)cc1. The third kappa shape index (κ3) is 5.50. The predicted molar refractivity (Wildman–Crippen MR) is 137 cm³/mol. The zero-order chi connectivity index (χ0) is 28.7. The van der Waals surface area contributed by atoms with Crippen molar-refractivity contribution in [3.05, 3.63) is 101 Å². The number of alkyl halides is 3. The maximum Gasteiger partial charge on any atom is 0.437 e. The predicted octanol–water partition coefficient (Wildman–Crippen LogP) is 4.05. The Morgan fingerprint density at radius 1 is 1.02 bits per heavy atom. The first kappa shape index (κ1) is 26.8. The van der Waals surface area contributed by atoms with Gasteiger partial charge in [-0.3, -0.25) is 4.28 Å². The number of rotatable bonds is 7. The third-order valence-electron chi connectivity index (χ3n) is 6.00. The lowest BCUT2D eigenvalue weighted by Crippen LogP contribution is -2.25. The first-order valence-electron chi connectivity index (χ1n) is 11.6. The molecular formula is C27H18F3N4O5S-. The van der Waals surface area contributed by atoms with Gasteiger partial charge in [0.1, 0.15) is 16.4 Å². The third-order valence-corrected chi connectivity index (χ3v) is 7.12. The molecule has 0 amide bonds. The average Bonchev–Trinajstić information content (AvgIpc) is 3.25. The van der Waals surface area contributed by atoms with E-state index in [1.165, 1.54) is 54.7 Å². The zero-order valence-electron chi connectivity index (χ0n) is 20.6. The number of aromatic nitrogens is 3. The van der Waals surface area contributed by atoms with Crippen molar-refractivity contribution in [3.8, 4) is 0 Å². The number of aromatic carboxylic acids is 1. The number of nitrogens with one attached hydrogen (secondary N) is 1. The van der Waals surface area contributed by atoms with E-state index in [-0.39, 0.29) is 22.7 Å². The van der Waals surface area contributed by atoms with E-state index in [0.717, 1.165) is 11.6 Å². The number of nitrogens with zero attached hydrogens (tertiary/aromatic N) is 3. The number of H-pyrrole nitrogens is 1. The maximum atomic E-state index is 13.9. The van der Waals surface area contributed by atoms with E-state index in [1.807, 2.05) is 0 Å². The van der Waals surface area contributed by atoms with Crippen LogP contribution in [-0.2, 0) is 20.8 Å². The highest BCUT2D eigenvalue weighted by molar-refractivity contribution is 7.86. The van der Waals surface area contributed by atoms with E-state index >= 15 is 0 Å². The van der Waals surface area contributed by atoms with Crippen LogP contribution in [0.4, 0.5) is 13.2 Å². The quantitative estimate of drug-likeness (QED) is 0.231. The Hall–Kier alpha value is -4.78. The van der Waals surface area contributed by atoms with Crippen LogP contribution in [0, 0.1) is 6.92 Å². The first-order valence-corrected chi connectivity index (χ1v) is 13.0. The summed E-state index contributed by atoms with van der Waals surface area (Å²) in [6, 6.07) is 15.0. The topological polar surface area (TPSA) is 137 Å². The number of hydrogen-bond acceptors (Lipinski definition) is 8. The molecule has 0 aliphatic heterocycles. The van der Waals surface area contributed by atoms with Crippen molar-refractivity contribution in [2.24, 2.45) is 5.16 Å². The summed E-state index contributed by atoms with van der Waals surface area (Å²) in [5, 5.41) is 15.5. The van der Waals surface area contributed by atoms with Crippen LogP contribution in [0.3, 0.4) is 0 Å². The molecule has 0 saturated carbocycles. The van der Waals surface area contributed by atoms with Gasteiger partial charge >= 0.3 is 16.3 Å². The number of aryl methyl sites for hydroxylation is 1. The van der Waals surface area contributed by atoms with E-state index in [0.29, 0.717) is 27.5 Å². The monoisotopic (exact) mass is 567 g/mol. The minimum Gasteiger partial charge on any atom is -0.545 e. The summed E-state index contributed by atoms with van der Waals surface area (Å²) in [7, 11) is -4.59. The fourth-order valence-electron chi connectivity index (χ4n) is 4.05. The summed E-state index contributed by atoms with van der Waals surface area (Å²) in [5.41, 5.74) is 0.127. The summed E-state index contributed by atoms with van der Waals surface area (Å²) in [6.07, 6.45) is -3.45. The number of hydrogen-bond donors (Lipinski definition) is 1. The number of carbonyl (C=O) groups excluding carboxylic acids is 1. The van der Waals surface area contributed by atoms with Crippen LogP contribution in [0.2, 0.25) is 0 Å². The molecule has 204 valence electrons. The zero-order valence-corrected chi connectivity index (χ0v) is 21.4. The molecule has 5 rings (SSSR count). The Morgan fingerprint density at radius 2 is 1.77 bits per heavy atom. The number of carbonyl (C=O) groups is 1. The lowest BCUT2D eigenvalue weighted by atomic mass is 10.0. The molecule has 3 aromatic carbocycles. The van der Waals surface area contributed by atoms with Crippen LogP contribution >= 0.6 is 0 Å². The molecule has 0 aliphatic rings. The minimum absolute atomic E-state index is 0.0122. The molecule has 0 saturated heterocycles. The number of aromatic amines is 1. The van der Waals surface area contributed by atoms with Gasteiger partial charge in [-0.1, -0.05) is 53.2 Å². The molecule has 5 aromatic rings. The highest BCUT2D eigenvalue weighted by Gasteiger charge is 2.38. The van der Waals surface area contributed by atoms with E-state index in [2.05, 4.69) is 24.4 Å². The van der Waals surface area contributed by atoms with Crippen molar-refractivity contribution >= 4 is 43.7 Å². The second-order valence-electron chi connectivity index (χ2n) is 8.88. The van der Waals surface area contributed by atoms with Crippen LogP contribution in [0.15, 0.2) is 83.0 Å².